The summed E-state index contributed by atoms with van der Waals surface area (Å²) in [6.45, 7) is 0. The first-order valence-electron chi connectivity index (χ1n) is 3.54. The summed E-state index contributed by atoms with van der Waals surface area (Å²) in [4.78, 5) is 1.94. The molecular weight excluding hydrogens is 140 g/mol. The molecular formula is C8H10N2O. The molecule has 2 heterocycles. The van der Waals surface area contributed by atoms with Crippen molar-refractivity contribution in [2.45, 2.75) is 6.17 Å². The van der Waals surface area contributed by atoms with Crippen LogP contribution in [-0.2, 0) is 0 Å². The highest BCUT2D eigenvalue weighted by Crippen LogP contribution is 2.20. The molecule has 3 heteroatoms. The molecule has 0 bridgehead atoms. The maximum Gasteiger partial charge on any atom is 0.131 e. The van der Waals surface area contributed by atoms with Crippen molar-refractivity contribution in [2.75, 3.05) is 7.05 Å². The number of aliphatic hydroxyl groups is 1. The third kappa shape index (κ3) is 0.888. The monoisotopic (exact) mass is 150 g/mol. The summed E-state index contributed by atoms with van der Waals surface area (Å²) in [5.41, 5.74) is 1.10. The molecule has 0 spiro atoms. The van der Waals surface area contributed by atoms with Crippen LogP contribution in [0.5, 0.6) is 0 Å². The second kappa shape index (κ2) is 2.05. The lowest BCUT2D eigenvalue weighted by Crippen LogP contribution is -2.37. The number of likely N-dealkylation sites (N-methyl/N-ethyl adjacent to an activating group) is 1. The Morgan fingerprint density at radius 2 is 2.45 bits per heavy atom. The Hall–Kier alpha value is -1.38. The van der Waals surface area contributed by atoms with Gasteiger partial charge in [-0.25, -0.2) is 0 Å². The van der Waals surface area contributed by atoms with Crippen molar-refractivity contribution in [3.05, 3.63) is 35.9 Å². The molecule has 1 atom stereocenters. The van der Waals surface area contributed by atoms with Gasteiger partial charge in [0, 0.05) is 13.2 Å². The van der Waals surface area contributed by atoms with Crippen molar-refractivity contribution < 1.29 is 5.11 Å². The summed E-state index contributed by atoms with van der Waals surface area (Å²) in [5.74, 6) is 0.312. The van der Waals surface area contributed by atoms with E-state index in [-0.39, 0.29) is 6.17 Å². The van der Waals surface area contributed by atoms with Crippen LogP contribution in [0.15, 0.2) is 35.9 Å². The molecule has 1 unspecified atom stereocenters. The SMILES string of the molecule is CN1C=C(O)C=C2C=CNC21. The van der Waals surface area contributed by atoms with Crippen LogP contribution < -0.4 is 5.32 Å². The second-order valence-electron chi connectivity index (χ2n) is 2.77. The zero-order chi connectivity index (χ0) is 7.84. The first-order chi connectivity index (χ1) is 5.27. The van der Waals surface area contributed by atoms with E-state index in [4.69, 9.17) is 0 Å². The van der Waals surface area contributed by atoms with Gasteiger partial charge < -0.3 is 15.3 Å². The van der Waals surface area contributed by atoms with Gasteiger partial charge in [0.25, 0.3) is 0 Å². The molecule has 11 heavy (non-hydrogen) atoms. The van der Waals surface area contributed by atoms with Gasteiger partial charge in [-0.1, -0.05) is 0 Å². The van der Waals surface area contributed by atoms with Crippen molar-refractivity contribution >= 4 is 0 Å². The number of nitrogens with one attached hydrogen (secondary N) is 1. The molecule has 2 aliphatic heterocycles. The number of hydrogen-bond acceptors (Lipinski definition) is 3. The Kier molecular flexibility index (Phi) is 1.18. The lowest BCUT2D eigenvalue weighted by molar-refractivity contribution is 0.315. The van der Waals surface area contributed by atoms with E-state index in [1.807, 2.05) is 24.2 Å². The molecule has 58 valence electrons. The smallest absolute Gasteiger partial charge is 0.131 e. The molecule has 2 aliphatic rings. The molecule has 2 rings (SSSR count). The Morgan fingerprint density at radius 3 is 3.27 bits per heavy atom. The number of aliphatic hydroxyl groups excluding tert-OH is 1. The number of rotatable bonds is 0. The molecule has 0 fully saturated rings. The largest absolute Gasteiger partial charge is 0.506 e. The minimum atomic E-state index is 0.214. The fraction of sp³-hybridized carbons (Fsp3) is 0.250. The maximum atomic E-state index is 9.21. The summed E-state index contributed by atoms with van der Waals surface area (Å²) < 4.78 is 0. The summed E-state index contributed by atoms with van der Waals surface area (Å²) in [6.07, 6.45) is 7.53. The highest BCUT2D eigenvalue weighted by atomic mass is 16.3. The standard InChI is InChI=1S/C8H10N2O/c1-10-5-7(11)4-6-2-3-9-8(6)10/h2-5,8-9,11H,1H3. The molecule has 0 radical (unpaired) electrons. The molecule has 0 saturated carbocycles. The highest BCUT2D eigenvalue weighted by Gasteiger charge is 2.21. The third-order valence-corrected chi connectivity index (χ3v) is 1.90. The van der Waals surface area contributed by atoms with Crippen molar-refractivity contribution in [1.82, 2.24) is 10.2 Å². The first-order valence-corrected chi connectivity index (χ1v) is 3.54. The molecule has 0 amide bonds. The van der Waals surface area contributed by atoms with Crippen LogP contribution in [0.3, 0.4) is 0 Å². The fourth-order valence-corrected chi connectivity index (χ4v) is 1.39. The Labute approximate surface area is 65.3 Å². The van der Waals surface area contributed by atoms with E-state index in [1.165, 1.54) is 0 Å². The quantitative estimate of drug-likeness (QED) is 0.533. The minimum absolute atomic E-state index is 0.214. The van der Waals surface area contributed by atoms with Gasteiger partial charge in [0.15, 0.2) is 0 Å². The molecule has 0 aromatic heterocycles. The summed E-state index contributed by atoms with van der Waals surface area (Å²) >= 11 is 0. The molecule has 0 aromatic carbocycles. The molecule has 2 N–H and O–H groups in total. The number of allylic oxidation sites excluding steroid dienone is 1. The Bertz CT molecular complexity index is 265. The number of fused-ring (bicyclic) bond motifs is 1. The number of nitrogens with zero attached hydrogens (tertiary/aromatic N) is 1. The summed E-state index contributed by atoms with van der Waals surface area (Å²) in [5, 5.41) is 12.4. The van der Waals surface area contributed by atoms with E-state index in [0.29, 0.717) is 5.76 Å². The van der Waals surface area contributed by atoms with Gasteiger partial charge >= 0.3 is 0 Å². The lowest BCUT2D eigenvalue weighted by atomic mass is 10.1. The predicted octanol–water partition coefficient (Wildman–Crippen LogP) is 0.701. The van der Waals surface area contributed by atoms with Gasteiger partial charge in [-0.2, -0.15) is 0 Å². The van der Waals surface area contributed by atoms with Crippen LogP contribution in [0.1, 0.15) is 0 Å². The zero-order valence-corrected chi connectivity index (χ0v) is 6.28. The molecule has 0 saturated heterocycles. The molecule has 0 aromatic rings. The van der Waals surface area contributed by atoms with Crippen molar-refractivity contribution in [3.63, 3.8) is 0 Å². The second-order valence-corrected chi connectivity index (χ2v) is 2.77. The molecule has 0 aliphatic carbocycles. The first kappa shape index (κ1) is 6.34. The van der Waals surface area contributed by atoms with E-state index in [0.717, 1.165) is 5.57 Å². The Morgan fingerprint density at radius 1 is 1.64 bits per heavy atom. The van der Waals surface area contributed by atoms with Gasteiger partial charge in [-0.15, -0.1) is 0 Å². The van der Waals surface area contributed by atoms with Gasteiger partial charge in [0.05, 0.1) is 0 Å². The van der Waals surface area contributed by atoms with E-state index in [2.05, 4.69) is 5.32 Å². The Balaban J connectivity index is 2.35. The van der Waals surface area contributed by atoms with Gasteiger partial charge in [-0.3, -0.25) is 0 Å². The van der Waals surface area contributed by atoms with E-state index in [9.17, 15) is 5.11 Å². The summed E-state index contributed by atoms with van der Waals surface area (Å²) in [7, 11) is 1.92. The van der Waals surface area contributed by atoms with Crippen molar-refractivity contribution in [3.8, 4) is 0 Å². The number of hydrogen-bond donors (Lipinski definition) is 2. The van der Waals surface area contributed by atoms with Crippen LogP contribution in [0.25, 0.3) is 0 Å². The lowest BCUT2D eigenvalue weighted by Gasteiger charge is -2.27. The summed E-state index contributed by atoms with van der Waals surface area (Å²) in [6, 6.07) is 0. The van der Waals surface area contributed by atoms with Crippen molar-refractivity contribution in [1.29, 1.82) is 0 Å². The topological polar surface area (TPSA) is 35.5 Å². The zero-order valence-electron chi connectivity index (χ0n) is 6.28. The van der Waals surface area contributed by atoms with Crippen LogP contribution in [0.2, 0.25) is 0 Å². The van der Waals surface area contributed by atoms with Crippen LogP contribution >= 0.6 is 0 Å². The average molecular weight is 150 g/mol. The maximum absolute atomic E-state index is 9.21. The average Bonchev–Trinajstić information content (AvgIpc) is 2.34. The van der Waals surface area contributed by atoms with E-state index < -0.39 is 0 Å². The van der Waals surface area contributed by atoms with E-state index in [1.54, 1.807) is 12.3 Å². The van der Waals surface area contributed by atoms with Gasteiger partial charge in [0.1, 0.15) is 11.9 Å². The van der Waals surface area contributed by atoms with Crippen molar-refractivity contribution in [2.24, 2.45) is 0 Å². The highest BCUT2D eigenvalue weighted by molar-refractivity contribution is 5.37. The van der Waals surface area contributed by atoms with Gasteiger partial charge in [0.2, 0.25) is 0 Å². The normalized spacial score (nSPS) is 27.4. The minimum Gasteiger partial charge on any atom is -0.506 e. The predicted molar refractivity (Wildman–Crippen MR) is 42.6 cm³/mol. The van der Waals surface area contributed by atoms with Crippen LogP contribution in [0.4, 0.5) is 0 Å². The molecule has 3 nitrogen and oxygen atoms in total. The van der Waals surface area contributed by atoms with Crippen LogP contribution in [-0.4, -0.2) is 23.2 Å². The fourth-order valence-electron chi connectivity index (χ4n) is 1.39. The third-order valence-electron chi connectivity index (χ3n) is 1.90. The van der Waals surface area contributed by atoms with Crippen LogP contribution in [0, 0.1) is 0 Å². The van der Waals surface area contributed by atoms with E-state index >= 15 is 0 Å². The van der Waals surface area contributed by atoms with Gasteiger partial charge in [-0.05, 0) is 23.9 Å².